The number of sulfonamides is 1. The fourth-order valence-electron chi connectivity index (χ4n) is 1.90. The molecule has 1 rings (SSSR count). The molecule has 1 aromatic rings. The van der Waals surface area contributed by atoms with Crippen molar-refractivity contribution in [3.8, 4) is 0 Å². The van der Waals surface area contributed by atoms with Gasteiger partial charge in [-0.3, -0.25) is 0 Å². The maximum absolute atomic E-state index is 13.0. The van der Waals surface area contributed by atoms with Crippen LogP contribution < -0.4 is 5.14 Å². The van der Waals surface area contributed by atoms with Gasteiger partial charge in [0.1, 0.15) is 0 Å². The zero-order chi connectivity index (χ0) is 15.0. The molecule has 7 heteroatoms. The molecule has 0 fully saturated rings. The molecule has 0 aliphatic rings. The van der Waals surface area contributed by atoms with E-state index in [-0.39, 0.29) is 22.4 Å². The van der Waals surface area contributed by atoms with Crippen LogP contribution in [0.1, 0.15) is 43.4 Å². The van der Waals surface area contributed by atoms with Crippen LogP contribution in [0.25, 0.3) is 0 Å². The Hall–Kier alpha value is -1.08. The Balaban J connectivity index is 3.71. The highest BCUT2D eigenvalue weighted by atomic mass is 32.2. The number of hydrogen-bond acceptors (Lipinski definition) is 2. The molecule has 0 aliphatic heterocycles. The quantitative estimate of drug-likeness (QED) is 0.931. The second kappa shape index (κ2) is 5.13. The molecule has 3 nitrogen and oxygen atoms in total. The first-order valence-corrected chi connectivity index (χ1v) is 7.30. The molecule has 0 radical (unpaired) electrons. The molecule has 0 heterocycles. The summed E-state index contributed by atoms with van der Waals surface area (Å²) in [5.74, 6) is -0.456. The van der Waals surface area contributed by atoms with Crippen molar-refractivity contribution >= 4 is 10.0 Å². The van der Waals surface area contributed by atoms with Crippen LogP contribution in [0.3, 0.4) is 0 Å². The van der Waals surface area contributed by atoms with E-state index in [2.05, 4.69) is 0 Å². The van der Waals surface area contributed by atoms with Crippen molar-refractivity contribution < 1.29 is 21.6 Å². The van der Waals surface area contributed by atoms with Crippen molar-refractivity contribution in [2.24, 2.45) is 5.14 Å². The lowest BCUT2D eigenvalue weighted by molar-refractivity contribution is -0.138. The highest BCUT2D eigenvalue weighted by molar-refractivity contribution is 7.89. The van der Waals surface area contributed by atoms with Crippen LogP contribution in [-0.2, 0) is 22.6 Å². The van der Waals surface area contributed by atoms with Gasteiger partial charge in [0.15, 0.2) is 0 Å². The molecule has 1 aromatic carbocycles. The molecule has 0 bridgehead atoms. The normalized spacial score (nSPS) is 13.1. The van der Waals surface area contributed by atoms with E-state index in [4.69, 9.17) is 5.14 Å². The highest BCUT2D eigenvalue weighted by Crippen LogP contribution is 2.37. The van der Waals surface area contributed by atoms with Crippen LogP contribution in [0.4, 0.5) is 13.2 Å². The Bertz CT molecular complexity index is 577. The van der Waals surface area contributed by atoms with Crippen molar-refractivity contribution in [2.75, 3.05) is 0 Å². The van der Waals surface area contributed by atoms with Crippen LogP contribution >= 0.6 is 0 Å². The zero-order valence-corrected chi connectivity index (χ0v) is 11.7. The Kier molecular flexibility index (Phi) is 4.31. The minimum Gasteiger partial charge on any atom is -0.225 e. The summed E-state index contributed by atoms with van der Waals surface area (Å²) in [6.07, 6.45) is -4.35. The van der Waals surface area contributed by atoms with E-state index in [1.807, 2.05) is 0 Å². The van der Waals surface area contributed by atoms with Gasteiger partial charge in [0.25, 0.3) is 0 Å². The van der Waals surface area contributed by atoms with E-state index >= 15 is 0 Å². The molecule has 0 amide bonds. The van der Waals surface area contributed by atoms with E-state index in [1.54, 1.807) is 20.8 Å². The maximum atomic E-state index is 13.0. The molecule has 2 N–H and O–H groups in total. The molecule has 108 valence electrons. The number of primary sulfonamides is 1. The van der Waals surface area contributed by atoms with Gasteiger partial charge in [-0.2, -0.15) is 13.2 Å². The fourth-order valence-corrected chi connectivity index (χ4v) is 2.76. The SMILES string of the molecule is CCc1cc(C(F)(F)F)c(C(C)C)cc1S(N)(=O)=O. The number of halogens is 3. The number of hydrogen-bond donors (Lipinski definition) is 1. The van der Waals surface area contributed by atoms with Crippen molar-refractivity contribution in [1.29, 1.82) is 0 Å². The van der Waals surface area contributed by atoms with E-state index in [1.165, 1.54) is 0 Å². The summed E-state index contributed by atoms with van der Waals surface area (Å²) >= 11 is 0. The van der Waals surface area contributed by atoms with Gasteiger partial charge in [0, 0.05) is 0 Å². The standard InChI is InChI=1S/C12H16F3NO2S/c1-4-8-5-10(12(13,14)15)9(7(2)3)6-11(8)19(16,17)18/h5-7H,4H2,1-3H3,(H2,16,17,18). The maximum Gasteiger partial charge on any atom is 0.416 e. The number of rotatable bonds is 3. The number of aryl methyl sites for hydroxylation is 1. The molecule has 0 unspecified atom stereocenters. The summed E-state index contributed by atoms with van der Waals surface area (Å²) < 4.78 is 61.8. The van der Waals surface area contributed by atoms with Crippen molar-refractivity contribution in [2.45, 2.75) is 44.2 Å². The van der Waals surface area contributed by atoms with E-state index < -0.39 is 27.7 Å². The first-order chi connectivity index (χ1) is 8.48. The summed E-state index contributed by atoms with van der Waals surface area (Å²) in [4.78, 5) is -0.230. The molecule has 0 spiro atoms. The van der Waals surface area contributed by atoms with Gasteiger partial charge in [0.2, 0.25) is 10.0 Å². The Morgan fingerprint density at radius 3 is 2.11 bits per heavy atom. The number of benzene rings is 1. The topological polar surface area (TPSA) is 60.2 Å². The Morgan fingerprint density at radius 1 is 1.26 bits per heavy atom. The highest BCUT2D eigenvalue weighted by Gasteiger charge is 2.35. The van der Waals surface area contributed by atoms with Gasteiger partial charge in [-0.15, -0.1) is 0 Å². The van der Waals surface area contributed by atoms with Gasteiger partial charge in [-0.25, -0.2) is 13.6 Å². The number of nitrogens with two attached hydrogens (primary N) is 1. The van der Waals surface area contributed by atoms with Crippen LogP contribution in [0.15, 0.2) is 17.0 Å². The third kappa shape index (κ3) is 3.48. The average molecular weight is 295 g/mol. The van der Waals surface area contributed by atoms with Gasteiger partial charge in [0.05, 0.1) is 10.5 Å². The molecule has 19 heavy (non-hydrogen) atoms. The summed E-state index contributed by atoms with van der Waals surface area (Å²) in [5, 5.41) is 5.05. The lowest BCUT2D eigenvalue weighted by atomic mass is 9.94. The lowest BCUT2D eigenvalue weighted by Gasteiger charge is -2.19. The fraction of sp³-hybridized carbons (Fsp3) is 0.500. The van der Waals surface area contributed by atoms with Crippen LogP contribution in [0.2, 0.25) is 0 Å². The predicted molar refractivity (Wildman–Crippen MR) is 66.3 cm³/mol. The van der Waals surface area contributed by atoms with Gasteiger partial charge >= 0.3 is 6.18 Å². The third-order valence-corrected chi connectivity index (χ3v) is 3.84. The van der Waals surface area contributed by atoms with E-state index in [0.29, 0.717) is 0 Å². The molecular weight excluding hydrogens is 279 g/mol. The second-order valence-electron chi connectivity index (χ2n) is 4.60. The largest absolute Gasteiger partial charge is 0.416 e. The average Bonchev–Trinajstić information content (AvgIpc) is 2.24. The lowest BCUT2D eigenvalue weighted by Crippen LogP contribution is -2.18. The molecule has 0 atom stereocenters. The summed E-state index contributed by atoms with van der Waals surface area (Å²) in [5.41, 5.74) is -0.778. The summed E-state index contributed by atoms with van der Waals surface area (Å²) in [7, 11) is -4.03. The minimum atomic E-state index is -4.51. The van der Waals surface area contributed by atoms with Crippen molar-refractivity contribution in [3.63, 3.8) is 0 Å². The monoisotopic (exact) mass is 295 g/mol. The summed E-state index contributed by atoms with van der Waals surface area (Å²) in [6, 6.07) is 1.93. The summed E-state index contributed by atoms with van der Waals surface area (Å²) in [6.45, 7) is 4.73. The van der Waals surface area contributed by atoms with Crippen LogP contribution in [-0.4, -0.2) is 8.42 Å². The van der Waals surface area contributed by atoms with Crippen LogP contribution in [0, 0.1) is 0 Å². The zero-order valence-electron chi connectivity index (χ0n) is 10.9. The Morgan fingerprint density at radius 2 is 1.79 bits per heavy atom. The van der Waals surface area contributed by atoms with Gasteiger partial charge < -0.3 is 0 Å². The molecular formula is C12H16F3NO2S. The van der Waals surface area contributed by atoms with Gasteiger partial charge in [-0.1, -0.05) is 20.8 Å². The third-order valence-electron chi connectivity index (χ3n) is 2.85. The smallest absolute Gasteiger partial charge is 0.225 e. The predicted octanol–water partition coefficient (Wildman–Crippen LogP) is 3.04. The Labute approximate surface area is 110 Å². The van der Waals surface area contributed by atoms with Crippen molar-refractivity contribution in [1.82, 2.24) is 0 Å². The molecule has 0 saturated carbocycles. The first kappa shape index (κ1) is 16.0. The first-order valence-electron chi connectivity index (χ1n) is 5.75. The molecule has 0 aliphatic carbocycles. The van der Waals surface area contributed by atoms with E-state index in [0.717, 1.165) is 12.1 Å². The number of alkyl halides is 3. The van der Waals surface area contributed by atoms with Crippen molar-refractivity contribution in [3.05, 3.63) is 28.8 Å². The molecule has 0 aromatic heterocycles. The van der Waals surface area contributed by atoms with Gasteiger partial charge in [-0.05, 0) is 35.6 Å². The van der Waals surface area contributed by atoms with E-state index in [9.17, 15) is 21.6 Å². The van der Waals surface area contributed by atoms with Crippen LogP contribution in [0.5, 0.6) is 0 Å². The molecule has 0 saturated heterocycles. The minimum absolute atomic E-state index is 0.0614. The second-order valence-corrected chi connectivity index (χ2v) is 6.13.